The minimum atomic E-state index is -0.676. The van der Waals surface area contributed by atoms with Gasteiger partial charge >= 0.3 is 17.9 Å². The molecule has 156 valence electrons. The second-order valence-electron chi connectivity index (χ2n) is 7.59. The third-order valence-corrected chi connectivity index (χ3v) is 5.80. The smallest absolute Gasteiger partial charge is 0.339 e. The summed E-state index contributed by atoms with van der Waals surface area (Å²) >= 11 is 0. The maximum Gasteiger partial charge on any atom is 0.339 e. The summed E-state index contributed by atoms with van der Waals surface area (Å²) in [5, 5.41) is 2.50. The number of benzene rings is 1. The molecule has 1 aromatic carbocycles. The summed E-state index contributed by atoms with van der Waals surface area (Å²) in [5.41, 5.74) is 0.305. The number of rotatable bonds is 7. The van der Waals surface area contributed by atoms with Crippen molar-refractivity contribution in [3.63, 3.8) is 0 Å². The van der Waals surface area contributed by atoms with Crippen molar-refractivity contribution in [3.05, 3.63) is 29.3 Å². The Morgan fingerprint density at radius 3 is 2.41 bits per heavy atom. The quantitative estimate of drug-likeness (QED) is 0.551. The number of hydrogen-bond acceptors (Lipinski definition) is 7. The number of hydrogen-bond donors (Lipinski definition) is 1. The first-order valence-electron chi connectivity index (χ1n) is 9.67. The number of anilines is 1. The van der Waals surface area contributed by atoms with E-state index in [0.717, 1.165) is 12.3 Å². The molecule has 2 bridgehead atoms. The highest BCUT2D eigenvalue weighted by Crippen LogP contribution is 2.49. The van der Waals surface area contributed by atoms with E-state index in [4.69, 9.17) is 9.47 Å². The van der Waals surface area contributed by atoms with Crippen LogP contribution in [0.15, 0.2) is 18.2 Å². The number of carbonyl (C=O) groups is 4. The van der Waals surface area contributed by atoms with Crippen molar-refractivity contribution >= 4 is 29.5 Å². The van der Waals surface area contributed by atoms with Crippen LogP contribution in [0.5, 0.6) is 0 Å². The highest BCUT2D eigenvalue weighted by molar-refractivity contribution is 6.04. The standard InChI is InChI=1S/C21H25NO7/c1-27-20(25)14-5-6-16(21(26)28-2)17(9-14)22-18(23)11-29-19(24)10-15-8-12-3-4-13(15)7-12/h5-6,9,12-13,15H,3-4,7-8,10-11H2,1-2H3,(H,22,23)/t12-,13+,15+/m1/s1. The predicted octanol–water partition coefficient (Wildman–Crippen LogP) is 2.57. The molecule has 2 aliphatic carbocycles. The summed E-state index contributed by atoms with van der Waals surface area (Å²) in [6, 6.07) is 4.06. The van der Waals surface area contributed by atoms with Gasteiger partial charge in [0, 0.05) is 6.42 Å². The second-order valence-corrected chi connectivity index (χ2v) is 7.59. The molecule has 1 N–H and O–H groups in total. The van der Waals surface area contributed by atoms with E-state index < -0.39 is 30.4 Å². The van der Waals surface area contributed by atoms with Crippen molar-refractivity contribution in [1.29, 1.82) is 0 Å². The number of amides is 1. The number of nitrogens with one attached hydrogen (secondary N) is 1. The van der Waals surface area contributed by atoms with Gasteiger partial charge in [-0.25, -0.2) is 9.59 Å². The molecule has 0 aliphatic heterocycles. The Bertz CT molecular complexity index is 819. The maximum atomic E-state index is 12.2. The molecule has 8 heteroatoms. The highest BCUT2D eigenvalue weighted by Gasteiger charge is 2.40. The van der Waals surface area contributed by atoms with Gasteiger partial charge in [-0.3, -0.25) is 9.59 Å². The van der Waals surface area contributed by atoms with E-state index in [9.17, 15) is 19.2 Å². The van der Waals surface area contributed by atoms with Crippen LogP contribution >= 0.6 is 0 Å². The van der Waals surface area contributed by atoms with Gasteiger partial charge in [0.15, 0.2) is 6.61 Å². The van der Waals surface area contributed by atoms with E-state index in [1.807, 2.05) is 0 Å². The Morgan fingerprint density at radius 2 is 1.79 bits per heavy atom. The monoisotopic (exact) mass is 403 g/mol. The van der Waals surface area contributed by atoms with Crippen LogP contribution in [0.1, 0.15) is 52.8 Å². The first-order valence-corrected chi connectivity index (χ1v) is 9.67. The third-order valence-electron chi connectivity index (χ3n) is 5.80. The highest BCUT2D eigenvalue weighted by atomic mass is 16.5. The molecule has 0 heterocycles. The van der Waals surface area contributed by atoms with Crippen LogP contribution in [0.25, 0.3) is 0 Å². The molecular formula is C21H25NO7. The molecule has 8 nitrogen and oxygen atoms in total. The van der Waals surface area contributed by atoms with Crippen LogP contribution in [0, 0.1) is 17.8 Å². The number of ether oxygens (including phenoxy) is 3. The summed E-state index contributed by atoms with van der Waals surface area (Å²) in [5.74, 6) is -0.608. The zero-order valence-electron chi connectivity index (χ0n) is 16.6. The zero-order chi connectivity index (χ0) is 21.0. The second kappa shape index (κ2) is 9.07. The summed E-state index contributed by atoms with van der Waals surface area (Å²) in [7, 11) is 2.43. The summed E-state index contributed by atoms with van der Waals surface area (Å²) < 4.78 is 14.5. The zero-order valence-corrected chi connectivity index (χ0v) is 16.6. The van der Waals surface area contributed by atoms with Crippen molar-refractivity contribution < 1.29 is 33.4 Å². The average molecular weight is 403 g/mol. The molecule has 0 spiro atoms. The SMILES string of the molecule is COC(=O)c1ccc(C(=O)OC)c(NC(=O)COC(=O)C[C@@H]2C[C@@H]3CC[C@H]2C3)c1. The fourth-order valence-corrected chi connectivity index (χ4v) is 4.41. The molecule has 1 aromatic rings. The lowest BCUT2D eigenvalue weighted by Gasteiger charge is -2.20. The predicted molar refractivity (Wildman–Crippen MR) is 102 cm³/mol. The fraction of sp³-hybridized carbons (Fsp3) is 0.524. The lowest BCUT2D eigenvalue weighted by molar-refractivity contribution is -0.148. The molecule has 29 heavy (non-hydrogen) atoms. The van der Waals surface area contributed by atoms with E-state index in [0.29, 0.717) is 18.3 Å². The lowest BCUT2D eigenvalue weighted by Crippen LogP contribution is -2.24. The fourth-order valence-electron chi connectivity index (χ4n) is 4.41. The van der Waals surface area contributed by atoms with Crippen molar-refractivity contribution in [1.82, 2.24) is 0 Å². The van der Waals surface area contributed by atoms with Crippen LogP contribution < -0.4 is 5.32 Å². The van der Waals surface area contributed by atoms with E-state index in [1.165, 1.54) is 51.7 Å². The van der Waals surface area contributed by atoms with Gasteiger partial charge in [0.2, 0.25) is 0 Å². The molecule has 2 saturated carbocycles. The Kier molecular flexibility index (Phi) is 6.51. The topological polar surface area (TPSA) is 108 Å². The van der Waals surface area contributed by atoms with Gasteiger partial charge in [-0.05, 0) is 55.2 Å². The molecule has 0 radical (unpaired) electrons. The Balaban J connectivity index is 1.57. The largest absolute Gasteiger partial charge is 0.465 e. The Hall–Kier alpha value is -2.90. The molecular weight excluding hydrogens is 378 g/mol. The summed E-state index contributed by atoms with van der Waals surface area (Å²) in [6.45, 7) is -0.470. The van der Waals surface area contributed by atoms with E-state index in [-0.39, 0.29) is 16.8 Å². The molecule has 1 amide bonds. The first-order chi connectivity index (χ1) is 13.9. The van der Waals surface area contributed by atoms with Crippen molar-refractivity contribution in [2.45, 2.75) is 32.1 Å². The van der Waals surface area contributed by atoms with Crippen LogP contribution in [-0.2, 0) is 23.8 Å². The van der Waals surface area contributed by atoms with Gasteiger partial charge in [0.25, 0.3) is 5.91 Å². The first kappa shape index (κ1) is 20.8. The van der Waals surface area contributed by atoms with Gasteiger partial charge in [-0.1, -0.05) is 6.42 Å². The van der Waals surface area contributed by atoms with Crippen LogP contribution in [0.3, 0.4) is 0 Å². The van der Waals surface area contributed by atoms with E-state index in [1.54, 1.807) is 0 Å². The molecule has 0 saturated heterocycles. The Morgan fingerprint density at radius 1 is 1.03 bits per heavy atom. The third kappa shape index (κ3) is 4.93. The lowest BCUT2D eigenvalue weighted by atomic mass is 9.86. The van der Waals surface area contributed by atoms with Gasteiger partial charge < -0.3 is 19.5 Å². The molecule has 3 rings (SSSR count). The van der Waals surface area contributed by atoms with E-state index >= 15 is 0 Å². The number of esters is 3. The van der Waals surface area contributed by atoms with Crippen molar-refractivity contribution in [3.8, 4) is 0 Å². The molecule has 2 aliphatic rings. The van der Waals surface area contributed by atoms with Crippen molar-refractivity contribution in [2.24, 2.45) is 17.8 Å². The number of methoxy groups -OCH3 is 2. The Labute approximate surface area is 168 Å². The number of fused-ring (bicyclic) bond motifs is 2. The van der Waals surface area contributed by atoms with Gasteiger partial charge in [0.05, 0.1) is 31.0 Å². The average Bonchev–Trinajstić information content (AvgIpc) is 3.34. The minimum absolute atomic E-state index is 0.0711. The van der Waals surface area contributed by atoms with Crippen LogP contribution in [0.4, 0.5) is 5.69 Å². The molecule has 3 atom stereocenters. The maximum absolute atomic E-state index is 12.2. The summed E-state index contributed by atoms with van der Waals surface area (Å²) in [4.78, 5) is 48.0. The molecule has 0 unspecified atom stereocenters. The normalized spacial score (nSPS) is 22.1. The van der Waals surface area contributed by atoms with Crippen LogP contribution in [0.2, 0.25) is 0 Å². The minimum Gasteiger partial charge on any atom is -0.465 e. The van der Waals surface area contributed by atoms with Crippen molar-refractivity contribution in [2.75, 3.05) is 26.1 Å². The van der Waals surface area contributed by atoms with Crippen LogP contribution in [-0.4, -0.2) is 44.6 Å². The van der Waals surface area contributed by atoms with Gasteiger partial charge in [0.1, 0.15) is 0 Å². The number of carbonyl (C=O) groups excluding carboxylic acids is 4. The van der Waals surface area contributed by atoms with E-state index in [2.05, 4.69) is 10.1 Å². The molecule has 2 fully saturated rings. The van der Waals surface area contributed by atoms with Gasteiger partial charge in [-0.15, -0.1) is 0 Å². The van der Waals surface area contributed by atoms with Gasteiger partial charge in [-0.2, -0.15) is 0 Å². The molecule has 0 aromatic heterocycles. The summed E-state index contributed by atoms with van der Waals surface area (Å²) in [6.07, 6.45) is 5.03.